The number of ether oxygens (including phenoxy) is 6. The van der Waals surface area contributed by atoms with Crippen LogP contribution in [0.1, 0.15) is 107 Å². The lowest BCUT2D eigenvalue weighted by Gasteiger charge is -2.36. The number of carbonyl (C=O) groups excluding carboxylic acids is 9. The summed E-state index contributed by atoms with van der Waals surface area (Å²) in [5.41, 5.74) is -0.158. The number of hydrogen-bond donors (Lipinski definition) is 2. The number of amides is 6. The Labute approximate surface area is 497 Å². The maximum Gasteiger partial charge on any atom is 0.330 e. The molecule has 2 aliphatic heterocycles. The highest BCUT2D eigenvalue weighted by Crippen LogP contribution is 2.33. The van der Waals surface area contributed by atoms with Crippen LogP contribution in [0.25, 0.3) is 0 Å². The molecule has 2 N–H and O–H groups in total. The van der Waals surface area contributed by atoms with Gasteiger partial charge in [0.25, 0.3) is 11.8 Å². The van der Waals surface area contributed by atoms with Gasteiger partial charge in [0.15, 0.2) is 18.1 Å². The van der Waals surface area contributed by atoms with Crippen LogP contribution in [0.4, 0.5) is 0 Å². The van der Waals surface area contributed by atoms with Gasteiger partial charge in [-0.05, 0) is 120 Å². The van der Waals surface area contributed by atoms with E-state index in [0.29, 0.717) is 47.5 Å². The first kappa shape index (κ1) is 65.6. The van der Waals surface area contributed by atoms with E-state index < -0.39 is 114 Å². The fourth-order valence-electron chi connectivity index (χ4n) is 9.55. The second-order valence-corrected chi connectivity index (χ2v) is 22.7. The molecule has 0 saturated carbocycles. The van der Waals surface area contributed by atoms with Gasteiger partial charge in [-0.25, -0.2) is 9.59 Å². The molecule has 0 aliphatic carbocycles. The average Bonchev–Trinajstić information content (AvgIpc) is 3.59. The van der Waals surface area contributed by atoms with Gasteiger partial charge in [-0.1, -0.05) is 84.9 Å². The maximum atomic E-state index is 14.8. The summed E-state index contributed by atoms with van der Waals surface area (Å²) < 4.78 is 34.9. The van der Waals surface area contributed by atoms with Gasteiger partial charge in [-0.15, -0.1) is 0 Å². The molecule has 2 bridgehead atoms. The van der Waals surface area contributed by atoms with Crippen LogP contribution >= 0.6 is 0 Å². The largest absolute Gasteiger partial charge is 0.493 e. The number of ketones is 1. The minimum atomic E-state index is -1.51. The van der Waals surface area contributed by atoms with Gasteiger partial charge in [0.2, 0.25) is 29.4 Å². The molecule has 1 unspecified atom stereocenters. The van der Waals surface area contributed by atoms with Crippen LogP contribution < -0.4 is 24.8 Å². The van der Waals surface area contributed by atoms with Crippen molar-refractivity contribution in [3.8, 4) is 17.2 Å². The molecule has 2 aliphatic rings. The lowest BCUT2D eigenvalue weighted by atomic mass is 9.87. The molecule has 5 atom stereocenters. The number of rotatable bonds is 9. The van der Waals surface area contributed by atoms with Crippen LogP contribution in [-0.4, -0.2) is 165 Å². The summed E-state index contributed by atoms with van der Waals surface area (Å²) in [6.45, 7) is 6.63. The lowest BCUT2D eigenvalue weighted by Crippen LogP contribution is -2.56. The molecule has 21 heteroatoms. The van der Waals surface area contributed by atoms with Gasteiger partial charge in [0.05, 0.1) is 38.4 Å². The molecule has 0 aromatic heterocycles. The smallest absolute Gasteiger partial charge is 0.330 e. The summed E-state index contributed by atoms with van der Waals surface area (Å²) in [4.78, 5) is 132. The van der Waals surface area contributed by atoms with Crippen molar-refractivity contribution in [1.29, 1.82) is 0 Å². The van der Waals surface area contributed by atoms with E-state index in [1.807, 2.05) is 12.1 Å². The number of Topliss-reactive ketones (excluding diaryl/α,β-unsaturated/α-hetero) is 1. The monoisotopic (exact) mass is 1170 g/mol. The molecule has 21 nitrogen and oxygen atoms in total. The summed E-state index contributed by atoms with van der Waals surface area (Å²) in [5, 5.41) is 5.62. The molecule has 6 amide bonds. The van der Waals surface area contributed by atoms with Crippen LogP contribution in [0.5, 0.6) is 17.2 Å². The Morgan fingerprint density at radius 3 is 1.99 bits per heavy atom. The molecule has 1 fully saturated rings. The Hall–Kier alpha value is -8.59. The van der Waals surface area contributed by atoms with Gasteiger partial charge in [-0.3, -0.25) is 33.6 Å². The molecule has 0 radical (unpaired) electrons. The normalized spacial score (nSPS) is 21.8. The zero-order valence-corrected chi connectivity index (χ0v) is 50.3. The third-order valence-electron chi connectivity index (χ3n) is 14.6. The van der Waals surface area contributed by atoms with Crippen molar-refractivity contribution in [1.82, 2.24) is 30.2 Å². The van der Waals surface area contributed by atoms with Gasteiger partial charge in [0, 0.05) is 40.3 Å². The number of fused-ring (bicyclic) bond motifs is 3. The molecule has 6 rings (SSSR count). The topological polar surface area (TPSA) is 246 Å². The van der Waals surface area contributed by atoms with Crippen LogP contribution in [0.15, 0.2) is 115 Å². The van der Waals surface area contributed by atoms with E-state index in [-0.39, 0.29) is 44.7 Å². The molecule has 0 spiro atoms. The first-order valence-electron chi connectivity index (χ1n) is 28.3. The molecule has 1 saturated heterocycles. The van der Waals surface area contributed by atoms with Gasteiger partial charge >= 0.3 is 11.9 Å². The number of esters is 2. The zero-order valence-electron chi connectivity index (χ0n) is 50.3. The highest BCUT2D eigenvalue weighted by molar-refractivity contribution is 6.38. The minimum absolute atomic E-state index is 0.0754. The number of carbonyl (C=O) groups is 9. The second kappa shape index (κ2) is 30.3. The third-order valence-corrected chi connectivity index (χ3v) is 14.6. The molecular weight excluding hydrogens is 1090 g/mol. The Morgan fingerprint density at radius 2 is 1.34 bits per heavy atom. The first-order chi connectivity index (χ1) is 40.4. The summed E-state index contributed by atoms with van der Waals surface area (Å²) >= 11 is 0. The summed E-state index contributed by atoms with van der Waals surface area (Å²) in [7, 11) is 7.37. The second-order valence-electron chi connectivity index (χ2n) is 22.7. The predicted octanol–water partition coefficient (Wildman–Crippen LogP) is 6.05. The van der Waals surface area contributed by atoms with Crippen LogP contribution in [-0.2, 0) is 63.8 Å². The highest BCUT2D eigenvalue weighted by Gasteiger charge is 2.43. The SMILES string of the molecule is COc1ccc(CC[C@H]2OC(=O)[C@@H]3CCCCN3C(=O)C(=O)C(C)(C)COC(=O)C=CCCN(C)C(=O)[C@H](c3ccccc3)NC(=O)[C@H](COC(C)(C)C)N(C)C(=O)C(c3ccccc3)NC(=O)CN(C)C(=O)COc3cccc2c3)cc1OC. The quantitative estimate of drug-likeness (QED) is 0.143. The van der Waals surface area contributed by atoms with Crippen molar-refractivity contribution in [3.05, 3.63) is 138 Å². The fraction of sp³-hybridized carbons (Fsp3) is 0.453. The fourth-order valence-corrected chi connectivity index (χ4v) is 9.55. The average molecular weight is 1170 g/mol. The predicted molar refractivity (Wildman–Crippen MR) is 314 cm³/mol. The van der Waals surface area contributed by atoms with Crippen molar-refractivity contribution in [2.75, 3.05) is 74.8 Å². The first-order valence-corrected chi connectivity index (χ1v) is 28.3. The Kier molecular flexibility index (Phi) is 23.4. The number of nitrogens with one attached hydrogen (secondary N) is 2. The van der Waals surface area contributed by atoms with Gasteiger partial charge in [0.1, 0.15) is 42.6 Å². The number of nitrogens with zero attached hydrogens (tertiary/aromatic N) is 4. The van der Waals surface area contributed by atoms with Crippen molar-refractivity contribution in [2.24, 2.45) is 5.41 Å². The highest BCUT2D eigenvalue weighted by atomic mass is 16.5. The van der Waals surface area contributed by atoms with Crippen molar-refractivity contribution in [2.45, 2.75) is 109 Å². The molecule has 2 heterocycles. The van der Waals surface area contributed by atoms with E-state index in [9.17, 15) is 43.2 Å². The Morgan fingerprint density at radius 1 is 0.694 bits per heavy atom. The molecule has 85 heavy (non-hydrogen) atoms. The van der Waals surface area contributed by atoms with E-state index >= 15 is 0 Å². The summed E-state index contributed by atoms with van der Waals surface area (Å²) in [5.74, 6) is -5.40. The van der Waals surface area contributed by atoms with E-state index in [0.717, 1.165) is 21.4 Å². The molecule has 4 aromatic carbocycles. The van der Waals surface area contributed by atoms with Gasteiger partial charge in [-0.2, -0.15) is 0 Å². The van der Waals surface area contributed by atoms with Crippen molar-refractivity contribution >= 4 is 53.2 Å². The van der Waals surface area contributed by atoms with E-state index in [1.54, 1.807) is 112 Å². The molecular formula is C64H80N6O15. The van der Waals surface area contributed by atoms with E-state index in [2.05, 4.69) is 10.6 Å². The van der Waals surface area contributed by atoms with Gasteiger partial charge < -0.3 is 58.7 Å². The van der Waals surface area contributed by atoms with Crippen LogP contribution in [0.2, 0.25) is 0 Å². The minimum Gasteiger partial charge on any atom is -0.493 e. The Balaban J connectivity index is 1.32. The zero-order chi connectivity index (χ0) is 62.0. The standard InChI is InChI=1S/C64H80N6O15/c1-63(2,3)84-39-48-58(75)66-55(43-22-13-11-14-23-43)59(76)67(6)34-19-18-29-54(73)83-41-64(4,5)57(74)61(78)70-35-20-17-28-47(70)62(79)85-49(32-30-42-31-33-50(80-9)51(36-42)81-10)45-26-21-27-46(37-45)82-40-53(72)68(7)38-52(71)65-56(60(77)69(48)8)44-24-15-12-16-25-44/h11-16,18,21-27,29,31,33,36-37,47-49,55-56H,17,19-20,28,30,32,34-35,38-41H2,1-10H3,(H,65,71)(H,66,75)/t47-,48-,49+,55-,56?/m0/s1. The lowest BCUT2D eigenvalue weighted by molar-refractivity contribution is -0.165. The van der Waals surface area contributed by atoms with E-state index in [4.69, 9.17) is 28.4 Å². The number of benzene rings is 4. The third kappa shape index (κ3) is 18.5. The number of cyclic esters (lactones) is 2. The van der Waals surface area contributed by atoms with E-state index in [1.165, 1.54) is 65.1 Å². The van der Waals surface area contributed by atoms with Crippen molar-refractivity contribution < 1.29 is 71.6 Å². The molecule has 456 valence electrons. The van der Waals surface area contributed by atoms with Crippen LogP contribution in [0.3, 0.4) is 0 Å². The number of hydrogen-bond acceptors (Lipinski definition) is 15. The number of likely N-dealkylation sites (N-methyl/N-ethyl adjacent to an activating group) is 3. The Bertz CT molecular complexity index is 3040. The maximum absolute atomic E-state index is 14.8. The van der Waals surface area contributed by atoms with Crippen molar-refractivity contribution in [3.63, 3.8) is 0 Å². The number of methoxy groups -OCH3 is 2. The summed E-state index contributed by atoms with van der Waals surface area (Å²) in [6, 6.07) is 23.9. The molecule has 4 aromatic rings. The van der Waals surface area contributed by atoms with Crippen LogP contribution in [0, 0.1) is 5.41 Å². The number of piperidine rings is 1. The number of aryl methyl sites for hydroxylation is 1. The summed E-state index contributed by atoms with van der Waals surface area (Å²) in [6.07, 6.45) is 3.78.